The van der Waals surface area contributed by atoms with Crippen molar-refractivity contribution >= 4 is 18.0 Å². The summed E-state index contributed by atoms with van der Waals surface area (Å²) >= 11 is 0. The molecule has 146 valence electrons. The highest BCUT2D eigenvalue weighted by Crippen LogP contribution is 2.45. The SMILES string of the molecule is CN1C(c2ccccc2)CC(=C(C#N)c2ccccc2)CC1c1ccccc1.Cl. The zero-order valence-electron chi connectivity index (χ0n) is 16.5. The molecule has 1 aliphatic rings. The lowest BCUT2D eigenvalue weighted by Gasteiger charge is -2.42. The lowest BCUT2D eigenvalue weighted by molar-refractivity contribution is 0.144. The van der Waals surface area contributed by atoms with Gasteiger partial charge in [-0.15, -0.1) is 12.4 Å². The molecule has 3 aromatic carbocycles. The Bertz CT molecular complexity index is 940. The van der Waals surface area contributed by atoms with Crippen molar-refractivity contribution < 1.29 is 0 Å². The van der Waals surface area contributed by atoms with Crippen LogP contribution in [0.5, 0.6) is 0 Å². The summed E-state index contributed by atoms with van der Waals surface area (Å²) in [5.74, 6) is 0. The number of hydrogen-bond donors (Lipinski definition) is 0. The van der Waals surface area contributed by atoms with Crippen LogP contribution in [0.25, 0.3) is 5.57 Å². The third-order valence-electron chi connectivity index (χ3n) is 5.76. The topological polar surface area (TPSA) is 27.0 Å². The number of likely N-dealkylation sites (tertiary alicyclic amines) is 1. The number of nitriles is 1. The fourth-order valence-corrected chi connectivity index (χ4v) is 4.27. The van der Waals surface area contributed by atoms with E-state index in [1.54, 1.807) is 0 Å². The second-order valence-electron chi connectivity index (χ2n) is 7.38. The number of halogens is 1. The highest BCUT2D eigenvalue weighted by Gasteiger charge is 2.33. The number of allylic oxidation sites excluding steroid dienone is 1. The van der Waals surface area contributed by atoms with Crippen LogP contribution in [0, 0.1) is 11.3 Å². The standard InChI is InChI=1S/C26H24N2.ClH/c1-28-25(21-13-7-3-8-14-21)17-23(18-26(28)22-15-9-4-10-16-22)24(19-27)20-11-5-2-6-12-20;/h2-16,25-26H,17-18H2,1H3;1H. The van der Waals surface area contributed by atoms with Gasteiger partial charge in [-0.3, -0.25) is 4.90 Å². The number of hydrogen-bond acceptors (Lipinski definition) is 2. The number of nitrogens with zero attached hydrogens (tertiary/aromatic N) is 2. The van der Waals surface area contributed by atoms with Crippen molar-refractivity contribution in [1.29, 1.82) is 5.26 Å². The quantitative estimate of drug-likeness (QED) is 0.463. The maximum atomic E-state index is 9.99. The van der Waals surface area contributed by atoms with E-state index in [4.69, 9.17) is 0 Å². The van der Waals surface area contributed by atoms with E-state index in [1.807, 2.05) is 30.3 Å². The summed E-state index contributed by atoms with van der Waals surface area (Å²) < 4.78 is 0. The van der Waals surface area contributed by atoms with E-state index in [9.17, 15) is 5.26 Å². The minimum Gasteiger partial charge on any atom is -0.292 e. The first-order valence-corrected chi connectivity index (χ1v) is 9.77. The molecule has 3 aromatic rings. The first kappa shape index (κ1) is 20.9. The van der Waals surface area contributed by atoms with Gasteiger partial charge in [-0.1, -0.05) is 91.0 Å². The van der Waals surface area contributed by atoms with Crippen molar-refractivity contribution in [1.82, 2.24) is 4.90 Å². The average molecular weight is 401 g/mol. The van der Waals surface area contributed by atoms with E-state index in [1.165, 1.54) is 16.7 Å². The van der Waals surface area contributed by atoms with E-state index in [2.05, 4.69) is 78.7 Å². The maximum absolute atomic E-state index is 9.99. The van der Waals surface area contributed by atoms with Gasteiger partial charge in [0, 0.05) is 12.1 Å². The Morgan fingerprint density at radius 2 is 1.17 bits per heavy atom. The largest absolute Gasteiger partial charge is 0.292 e. The molecule has 1 saturated heterocycles. The van der Waals surface area contributed by atoms with Crippen LogP contribution in [0.2, 0.25) is 0 Å². The van der Waals surface area contributed by atoms with Gasteiger partial charge in [0.1, 0.15) is 0 Å². The Kier molecular flexibility index (Phi) is 6.88. The maximum Gasteiger partial charge on any atom is 0.0997 e. The molecule has 0 N–H and O–H groups in total. The molecule has 0 bridgehead atoms. The number of benzene rings is 3. The number of piperidine rings is 1. The second kappa shape index (κ2) is 9.56. The van der Waals surface area contributed by atoms with Crippen molar-refractivity contribution in [2.45, 2.75) is 24.9 Å². The third-order valence-corrected chi connectivity index (χ3v) is 5.76. The molecule has 0 radical (unpaired) electrons. The predicted octanol–water partition coefficient (Wildman–Crippen LogP) is 6.59. The molecule has 29 heavy (non-hydrogen) atoms. The van der Waals surface area contributed by atoms with Gasteiger partial charge in [-0.05, 0) is 42.2 Å². The summed E-state index contributed by atoms with van der Waals surface area (Å²) in [5, 5.41) is 9.99. The molecule has 1 fully saturated rings. The Morgan fingerprint density at radius 3 is 1.59 bits per heavy atom. The van der Waals surface area contributed by atoms with Gasteiger partial charge >= 0.3 is 0 Å². The highest BCUT2D eigenvalue weighted by molar-refractivity contribution is 5.85. The molecule has 3 heteroatoms. The van der Waals surface area contributed by atoms with Crippen LogP contribution in [0.3, 0.4) is 0 Å². The Balaban J connectivity index is 0.00000240. The van der Waals surface area contributed by atoms with E-state index >= 15 is 0 Å². The zero-order valence-corrected chi connectivity index (χ0v) is 17.3. The van der Waals surface area contributed by atoms with E-state index < -0.39 is 0 Å². The molecule has 0 saturated carbocycles. The van der Waals surface area contributed by atoms with Gasteiger partial charge in [0.25, 0.3) is 0 Å². The Labute approximate surface area is 179 Å². The second-order valence-corrected chi connectivity index (χ2v) is 7.38. The summed E-state index contributed by atoms with van der Waals surface area (Å²) in [5.41, 5.74) is 5.69. The summed E-state index contributed by atoms with van der Waals surface area (Å²) in [6.07, 6.45) is 1.75. The molecule has 0 aliphatic carbocycles. The van der Waals surface area contributed by atoms with Crippen LogP contribution >= 0.6 is 12.4 Å². The number of rotatable bonds is 3. The van der Waals surface area contributed by atoms with Gasteiger partial charge in [-0.25, -0.2) is 0 Å². The van der Waals surface area contributed by atoms with Crippen LogP contribution in [0.4, 0.5) is 0 Å². The van der Waals surface area contributed by atoms with Crippen LogP contribution in [-0.2, 0) is 0 Å². The highest BCUT2D eigenvalue weighted by atomic mass is 35.5. The smallest absolute Gasteiger partial charge is 0.0997 e. The van der Waals surface area contributed by atoms with Gasteiger partial charge < -0.3 is 0 Å². The summed E-state index contributed by atoms with van der Waals surface area (Å²) in [4.78, 5) is 2.47. The van der Waals surface area contributed by atoms with Crippen molar-refractivity contribution in [2.75, 3.05) is 7.05 Å². The molecule has 0 spiro atoms. The van der Waals surface area contributed by atoms with Crippen LogP contribution in [0.15, 0.2) is 96.6 Å². The van der Waals surface area contributed by atoms with E-state index in [-0.39, 0.29) is 24.5 Å². The molecule has 2 atom stereocenters. The van der Waals surface area contributed by atoms with Crippen LogP contribution in [0.1, 0.15) is 41.6 Å². The summed E-state index contributed by atoms with van der Waals surface area (Å²) in [7, 11) is 2.21. The van der Waals surface area contributed by atoms with E-state index in [0.717, 1.165) is 24.0 Å². The molecular formula is C26H25ClN2. The fourth-order valence-electron chi connectivity index (χ4n) is 4.27. The average Bonchev–Trinajstić information content (AvgIpc) is 2.77. The molecule has 0 amide bonds. The summed E-state index contributed by atoms with van der Waals surface area (Å²) in [6, 6.07) is 34.4. The van der Waals surface area contributed by atoms with Crippen molar-refractivity contribution in [3.63, 3.8) is 0 Å². The minimum absolute atomic E-state index is 0. The van der Waals surface area contributed by atoms with Gasteiger partial charge in [0.05, 0.1) is 11.6 Å². The fraction of sp³-hybridized carbons (Fsp3) is 0.192. The summed E-state index contributed by atoms with van der Waals surface area (Å²) in [6.45, 7) is 0. The molecule has 1 heterocycles. The molecule has 2 unspecified atom stereocenters. The minimum atomic E-state index is 0. The van der Waals surface area contributed by atoms with Crippen LogP contribution in [-0.4, -0.2) is 11.9 Å². The van der Waals surface area contributed by atoms with Crippen molar-refractivity contribution in [2.24, 2.45) is 0 Å². The van der Waals surface area contributed by atoms with E-state index in [0.29, 0.717) is 0 Å². The first-order valence-electron chi connectivity index (χ1n) is 9.77. The molecule has 2 nitrogen and oxygen atoms in total. The van der Waals surface area contributed by atoms with Crippen LogP contribution < -0.4 is 0 Å². The predicted molar refractivity (Wildman–Crippen MR) is 122 cm³/mol. The lowest BCUT2D eigenvalue weighted by Crippen LogP contribution is -2.34. The van der Waals surface area contributed by atoms with Crippen molar-refractivity contribution in [3.8, 4) is 6.07 Å². The first-order chi connectivity index (χ1) is 13.8. The lowest BCUT2D eigenvalue weighted by atomic mass is 9.82. The molecule has 0 aromatic heterocycles. The monoisotopic (exact) mass is 400 g/mol. The Morgan fingerprint density at radius 1 is 0.759 bits per heavy atom. The molecule has 1 aliphatic heterocycles. The van der Waals surface area contributed by atoms with Gasteiger partial charge in [-0.2, -0.15) is 5.26 Å². The third kappa shape index (κ3) is 4.43. The normalized spacial score (nSPS) is 19.1. The zero-order chi connectivity index (χ0) is 19.3. The molecular weight excluding hydrogens is 376 g/mol. The Hall–Kier alpha value is -2.86. The van der Waals surface area contributed by atoms with Gasteiger partial charge in [0.2, 0.25) is 0 Å². The van der Waals surface area contributed by atoms with Gasteiger partial charge in [0.15, 0.2) is 0 Å². The van der Waals surface area contributed by atoms with Crippen molar-refractivity contribution in [3.05, 3.63) is 113 Å². The molecule has 4 rings (SSSR count).